The summed E-state index contributed by atoms with van der Waals surface area (Å²) in [6.45, 7) is 4.31. The molecule has 6 heteroatoms. The van der Waals surface area contributed by atoms with Gasteiger partial charge in [0.05, 0.1) is 31.4 Å². The van der Waals surface area contributed by atoms with Gasteiger partial charge < -0.3 is 14.1 Å². The fourth-order valence-corrected chi connectivity index (χ4v) is 3.53. The normalized spacial score (nSPS) is 20.5. The molecule has 1 aliphatic carbocycles. The lowest BCUT2D eigenvalue weighted by molar-refractivity contribution is 0.0582. The fraction of sp³-hybridized carbons (Fsp3) is 0.389. The minimum absolute atomic E-state index is 0.0545. The molecule has 1 heterocycles. The first-order valence-corrected chi connectivity index (χ1v) is 7.79. The fourth-order valence-electron chi connectivity index (χ4n) is 3.53. The number of hydrogen-bond donors (Lipinski definition) is 0. The maximum absolute atomic E-state index is 12.1. The summed E-state index contributed by atoms with van der Waals surface area (Å²) in [5, 5.41) is 4.21. The van der Waals surface area contributed by atoms with Crippen LogP contribution in [0.5, 0.6) is 0 Å². The molecule has 0 aliphatic heterocycles. The van der Waals surface area contributed by atoms with Crippen LogP contribution in [-0.2, 0) is 9.57 Å². The summed E-state index contributed by atoms with van der Waals surface area (Å²) in [4.78, 5) is 21.3. The number of carbonyl (C=O) groups excluding carboxylic acids is 1. The molecule has 0 unspecified atom stereocenters. The number of ether oxygens (including phenoxy) is 1. The number of fused-ring (bicyclic) bond motifs is 1. The first-order chi connectivity index (χ1) is 11.5. The van der Waals surface area contributed by atoms with Gasteiger partial charge in [0, 0.05) is 12.0 Å². The second-order valence-electron chi connectivity index (χ2n) is 6.55. The van der Waals surface area contributed by atoms with Crippen LogP contribution in [0.1, 0.15) is 47.9 Å². The molecule has 0 spiro atoms. The zero-order valence-electron chi connectivity index (χ0n) is 14.3. The summed E-state index contributed by atoms with van der Waals surface area (Å²) in [7, 11) is 2.93. The van der Waals surface area contributed by atoms with Crippen molar-refractivity contribution >= 4 is 11.7 Å². The Morgan fingerprint density at radius 2 is 2.08 bits per heavy atom. The smallest absolute Gasteiger partial charge is 0.356 e. The molecule has 0 radical (unpaired) electrons. The van der Waals surface area contributed by atoms with Gasteiger partial charge in [0.1, 0.15) is 12.8 Å². The minimum atomic E-state index is -0.392. The van der Waals surface area contributed by atoms with Gasteiger partial charge in [-0.2, -0.15) is 0 Å². The highest BCUT2D eigenvalue weighted by atomic mass is 16.6. The van der Waals surface area contributed by atoms with E-state index in [1.807, 2.05) is 22.8 Å². The van der Waals surface area contributed by atoms with E-state index in [2.05, 4.69) is 30.1 Å². The number of carbonyl (C=O) groups is 1. The number of methoxy groups -OCH3 is 1. The maximum atomic E-state index is 12.1. The van der Waals surface area contributed by atoms with Crippen LogP contribution in [-0.4, -0.2) is 35.5 Å². The van der Waals surface area contributed by atoms with Crippen LogP contribution in [0, 0.1) is 5.41 Å². The number of imidazole rings is 1. The molecular weight excluding hydrogens is 306 g/mol. The monoisotopic (exact) mass is 327 g/mol. The number of aromatic nitrogens is 2. The SMILES string of the molecule is CON=C1CC(C)(C)[C@@H](n2cncc2C(=O)OC)c2ccccc21. The van der Waals surface area contributed by atoms with E-state index in [1.165, 1.54) is 7.11 Å². The molecule has 0 bridgehead atoms. The molecule has 6 nitrogen and oxygen atoms in total. The third-order valence-electron chi connectivity index (χ3n) is 4.47. The summed E-state index contributed by atoms with van der Waals surface area (Å²) in [5.74, 6) is -0.392. The van der Waals surface area contributed by atoms with Crippen molar-refractivity contribution in [1.29, 1.82) is 0 Å². The molecule has 126 valence electrons. The first-order valence-electron chi connectivity index (χ1n) is 7.79. The summed E-state index contributed by atoms with van der Waals surface area (Å²) >= 11 is 0. The maximum Gasteiger partial charge on any atom is 0.356 e. The topological polar surface area (TPSA) is 65.7 Å². The van der Waals surface area contributed by atoms with Gasteiger partial charge in [0.2, 0.25) is 0 Å². The van der Waals surface area contributed by atoms with E-state index in [-0.39, 0.29) is 11.5 Å². The van der Waals surface area contributed by atoms with Gasteiger partial charge in [-0.25, -0.2) is 9.78 Å². The highest BCUT2D eigenvalue weighted by Crippen LogP contribution is 2.46. The summed E-state index contributed by atoms with van der Waals surface area (Å²) in [6.07, 6.45) is 3.96. The van der Waals surface area contributed by atoms with E-state index < -0.39 is 5.97 Å². The predicted molar refractivity (Wildman–Crippen MR) is 90.1 cm³/mol. The molecule has 0 fully saturated rings. The van der Waals surface area contributed by atoms with Gasteiger partial charge in [-0.1, -0.05) is 43.3 Å². The Kier molecular flexibility index (Phi) is 4.13. The predicted octanol–water partition coefficient (Wildman–Crippen LogP) is 3.04. The van der Waals surface area contributed by atoms with E-state index in [0.717, 1.165) is 23.3 Å². The lowest BCUT2D eigenvalue weighted by Gasteiger charge is -2.41. The first kappa shape index (κ1) is 16.2. The van der Waals surface area contributed by atoms with Crippen molar-refractivity contribution in [2.75, 3.05) is 14.2 Å². The number of nitrogens with zero attached hydrogens (tertiary/aromatic N) is 3. The number of hydrogen-bond acceptors (Lipinski definition) is 5. The molecule has 1 atom stereocenters. The van der Waals surface area contributed by atoms with Crippen molar-refractivity contribution in [3.8, 4) is 0 Å². The molecular formula is C18H21N3O3. The van der Waals surface area contributed by atoms with Gasteiger partial charge in [-0.3, -0.25) is 0 Å². The summed E-state index contributed by atoms with van der Waals surface area (Å²) in [6, 6.07) is 8.01. The van der Waals surface area contributed by atoms with Crippen LogP contribution in [0.25, 0.3) is 0 Å². The second kappa shape index (κ2) is 6.11. The van der Waals surface area contributed by atoms with Gasteiger partial charge in [0.25, 0.3) is 0 Å². The molecule has 3 rings (SSSR count). The largest absolute Gasteiger partial charge is 0.464 e. The molecule has 1 aliphatic rings. The van der Waals surface area contributed by atoms with Crippen LogP contribution < -0.4 is 0 Å². The molecule has 0 saturated heterocycles. The third-order valence-corrected chi connectivity index (χ3v) is 4.47. The van der Waals surface area contributed by atoms with Gasteiger partial charge in [-0.05, 0) is 11.0 Å². The molecule has 0 N–H and O–H groups in total. The van der Waals surface area contributed by atoms with E-state index >= 15 is 0 Å². The number of oxime groups is 1. The van der Waals surface area contributed by atoms with Crippen LogP contribution in [0.2, 0.25) is 0 Å². The van der Waals surface area contributed by atoms with Crippen LogP contribution in [0.3, 0.4) is 0 Å². The highest BCUT2D eigenvalue weighted by molar-refractivity contribution is 6.03. The van der Waals surface area contributed by atoms with E-state index in [0.29, 0.717) is 5.69 Å². The summed E-state index contributed by atoms with van der Waals surface area (Å²) < 4.78 is 6.80. The van der Waals surface area contributed by atoms with Crippen molar-refractivity contribution in [1.82, 2.24) is 9.55 Å². The lowest BCUT2D eigenvalue weighted by Crippen LogP contribution is -2.37. The van der Waals surface area contributed by atoms with Crippen molar-refractivity contribution in [3.05, 3.63) is 53.6 Å². The average Bonchev–Trinajstić information content (AvgIpc) is 3.02. The zero-order valence-corrected chi connectivity index (χ0v) is 14.3. The van der Waals surface area contributed by atoms with E-state index in [9.17, 15) is 4.79 Å². The second-order valence-corrected chi connectivity index (χ2v) is 6.55. The highest BCUT2D eigenvalue weighted by Gasteiger charge is 2.41. The molecule has 0 amide bonds. The van der Waals surface area contributed by atoms with Crippen LogP contribution in [0.4, 0.5) is 0 Å². The quantitative estimate of drug-likeness (QED) is 0.642. The standard InChI is InChI=1S/C18H21N3O3/c1-18(2)9-14(20-24-4)12-7-5-6-8-13(12)16(18)21-11-19-10-15(21)17(22)23-3/h5-8,10-11,16H,9H2,1-4H3/t16-/m0/s1. The van der Waals surface area contributed by atoms with Crippen molar-refractivity contribution < 1.29 is 14.4 Å². The molecule has 24 heavy (non-hydrogen) atoms. The Bertz CT molecular complexity index is 792. The lowest BCUT2D eigenvalue weighted by atomic mass is 9.69. The Labute approximate surface area is 141 Å². The van der Waals surface area contributed by atoms with Crippen LogP contribution in [0.15, 0.2) is 41.9 Å². The molecule has 0 saturated carbocycles. The Morgan fingerprint density at radius 1 is 1.33 bits per heavy atom. The molecule has 1 aromatic carbocycles. The van der Waals surface area contributed by atoms with E-state index in [4.69, 9.17) is 9.57 Å². The number of benzene rings is 1. The minimum Gasteiger partial charge on any atom is -0.464 e. The summed E-state index contributed by atoms with van der Waals surface area (Å²) in [5.41, 5.74) is 3.29. The molecule has 1 aromatic heterocycles. The Hall–Kier alpha value is -2.63. The van der Waals surface area contributed by atoms with Gasteiger partial charge >= 0.3 is 5.97 Å². The van der Waals surface area contributed by atoms with Crippen molar-refractivity contribution in [2.45, 2.75) is 26.3 Å². The van der Waals surface area contributed by atoms with E-state index in [1.54, 1.807) is 19.6 Å². The van der Waals surface area contributed by atoms with Gasteiger partial charge in [-0.15, -0.1) is 0 Å². The number of rotatable bonds is 3. The Morgan fingerprint density at radius 3 is 2.79 bits per heavy atom. The van der Waals surface area contributed by atoms with Crippen LogP contribution >= 0.6 is 0 Å². The number of esters is 1. The zero-order chi connectivity index (χ0) is 17.3. The van der Waals surface area contributed by atoms with Gasteiger partial charge in [0.15, 0.2) is 0 Å². The van der Waals surface area contributed by atoms with Crippen molar-refractivity contribution in [3.63, 3.8) is 0 Å². The average molecular weight is 327 g/mol. The molecule has 2 aromatic rings. The third kappa shape index (κ3) is 2.58. The van der Waals surface area contributed by atoms with Crippen molar-refractivity contribution in [2.24, 2.45) is 10.6 Å². The Balaban J connectivity index is 2.20.